The number of para-hydroxylation sites is 1. The van der Waals surface area contributed by atoms with Crippen molar-refractivity contribution in [2.45, 2.75) is 0 Å². The number of nitrogens with one attached hydrogen (secondary N) is 1. The second-order valence-corrected chi connectivity index (χ2v) is 5.53. The number of thioether (sulfide) groups is 1. The summed E-state index contributed by atoms with van der Waals surface area (Å²) in [5, 5.41) is 4.67. The van der Waals surface area contributed by atoms with Gasteiger partial charge < -0.3 is 10.2 Å². The number of rotatable bonds is 1. The summed E-state index contributed by atoms with van der Waals surface area (Å²) in [4.78, 5) is 2.19. The molecule has 2 nitrogen and oxygen atoms in total. The highest BCUT2D eigenvalue weighted by molar-refractivity contribution is 7.99. The third-order valence-electron chi connectivity index (χ3n) is 2.41. The third kappa shape index (κ3) is 3.03. The molecule has 1 aliphatic heterocycles. The quantitative estimate of drug-likeness (QED) is 0.790. The van der Waals surface area contributed by atoms with Gasteiger partial charge in [0.1, 0.15) is 0 Å². The van der Waals surface area contributed by atoms with Gasteiger partial charge in [-0.3, -0.25) is 0 Å². The number of benzene rings is 1. The molecule has 16 heavy (non-hydrogen) atoms. The fourth-order valence-electron chi connectivity index (χ4n) is 1.52. The highest BCUT2D eigenvalue weighted by atomic mass is 35.5. The summed E-state index contributed by atoms with van der Waals surface area (Å²) in [6.45, 7) is 2.03. The number of halogens is 1. The first-order valence-corrected chi connectivity index (χ1v) is 7.09. The van der Waals surface area contributed by atoms with E-state index in [0.717, 1.165) is 35.4 Å². The highest BCUT2D eigenvalue weighted by Gasteiger charge is 2.13. The predicted octanol–water partition coefficient (Wildman–Crippen LogP) is 3.09. The van der Waals surface area contributed by atoms with Crippen LogP contribution in [0.2, 0.25) is 5.02 Å². The van der Waals surface area contributed by atoms with Crippen LogP contribution in [-0.4, -0.2) is 34.6 Å². The second kappa shape index (κ2) is 5.75. The van der Waals surface area contributed by atoms with Crippen molar-refractivity contribution in [1.29, 1.82) is 0 Å². The Bertz CT molecular complexity index is 378. The Kier molecular flexibility index (Phi) is 4.32. The molecule has 1 N–H and O–H groups in total. The minimum atomic E-state index is 0.705. The molecular weight excluding hydrogens is 260 g/mol. The standard InChI is InChI=1S/C11H13ClN2S2/c12-9-3-1-2-4-10(9)13-11(15)14-5-7-16-8-6-14/h1-4H,5-8H2,(H,13,15). The number of anilines is 1. The molecule has 0 aromatic heterocycles. The zero-order valence-electron chi connectivity index (χ0n) is 8.78. The first-order chi connectivity index (χ1) is 7.77. The number of nitrogens with zero attached hydrogens (tertiary/aromatic N) is 1. The van der Waals surface area contributed by atoms with Crippen molar-refractivity contribution in [3.8, 4) is 0 Å². The zero-order valence-corrected chi connectivity index (χ0v) is 11.2. The molecule has 0 saturated carbocycles. The van der Waals surface area contributed by atoms with Gasteiger partial charge in [0.05, 0.1) is 10.7 Å². The molecule has 86 valence electrons. The molecule has 0 atom stereocenters. The summed E-state index contributed by atoms with van der Waals surface area (Å²) in [6, 6.07) is 7.66. The van der Waals surface area contributed by atoms with Crippen LogP contribution in [0.25, 0.3) is 0 Å². The summed E-state index contributed by atoms with van der Waals surface area (Å²) in [7, 11) is 0. The van der Waals surface area contributed by atoms with Gasteiger partial charge >= 0.3 is 0 Å². The first-order valence-electron chi connectivity index (χ1n) is 5.15. The van der Waals surface area contributed by atoms with Crippen molar-refractivity contribution in [2.75, 3.05) is 29.9 Å². The molecule has 0 radical (unpaired) electrons. The van der Waals surface area contributed by atoms with Crippen molar-refractivity contribution in [1.82, 2.24) is 4.90 Å². The largest absolute Gasteiger partial charge is 0.347 e. The van der Waals surface area contributed by atoms with Gasteiger partial charge in [0.2, 0.25) is 0 Å². The topological polar surface area (TPSA) is 15.3 Å². The zero-order chi connectivity index (χ0) is 11.4. The van der Waals surface area contributed by atoms with E-state index in [1.807, 2.05) is 36.0 Å². The van der Waals surface area contributed by atoms with E-state index in [4.69, 9.17) is 23.8 Å². The molecule has 1 saturated heterocycles. The maximum absolute atomic E-state index is 6.06. The van der Waals surface area contributed by atoms with E-state index in [9.17, 15) is 0 Å². The van der Waals surface area contributed by atoms with Gasteiger partial charge in [-0.05, 0) is 24.4 Å². The van der Waals surface area contributed by atoms with Crippen LogP contribution in [0.1, 0.15) is 0 Å². The number of hydrogen-bond acceptors (Lipinski definition) is 2. The SMILES string of the molecule is S=C(Nc1ccccc1Cl)N1CCSCC1. The minimum Gasteiger partial charge on any atom is -0.347 e. The molecule has 1 aromatic rings. The fourth-order valence-corrected chi connectivity index (χ4v) is 2.90. The normalized spacial score (nSPS) is 15.9. The highest BCUT2D eigenvalue weighted by Crippen LogP contribution is 2.21. The molecule has 0 amide bonds. The molecule has 0 bridgehead atoms. The van der Waals surface area contributed by atoms with E-state index in [0.29, 0.717) is 5.02 Å². The van der Waals surface area contributed by atoms with Gasteiger partial charge in [-0.15, -0.1) is 0 Å². The lowest BCUT2D eigenvalue weighted by Crippen LogP contribution is -2.40. The molecule has 1 aliphatic rings. The van der Waals surface area contributed by atoms with Gasteiger partial charge in [-0.2, -0.15) is 11.8 Å². The van der Waals surface area contributed by atoms with Gasteiger partial charge in [-0.25, -0.2) is 0 Å². The average molecular weight is 273 g/mol. The van der Waals surface area contributed by atoms with Crippen LogP contribution in [0, 0.1) is 0 Å². The van der Waals surface area contributed by atoms with Crippen LogP contribution in [0.15, 0.2) is 24.3 Å². The Balaban J connectivity index is 1.99. The van der Waals surface area contributed by atoms with E-state index in [2.05, 4.69) is 10.2 Å². The van der Waals surface area contributed by atoms with E-state index in [-0.39, 0.29) is 0 Å². The average Bonchev–Trinajstić information content (AvgIpc) is 2.33. The Morgan fingerprint density at radius 2 is 2.00 bits per heavy atom. The molecular formula is C11H13ClN2S2. The van der Waals surface area contributed by atoms with E-state index < -0.39 is 0 Å². The van der Waals surface area contributed by atoms with E-state index in [1.165, 1.54) is 0 Å². The lowest BCUT2D eigenvalue weighted by atomic mass is 10.3. The van der Waals surface area contributed by atoms with Crippen molar-refractivity contribution in [3.05, 3.63) is 29.3 Å². The summed E-state index contributed by atoms with van der Waals surface area (Å²) >= 11 is 13.4. The van der Waals surface area contributed by atoms with Crippen LogP contribution >= 0.6 is 35.6 Å². The Hall–Kier alpha value is -0.450. The summed E-state index contributed by atoms with van der Waals surface area (Å²) < 4.78 is 0. The predicted molar refractivity (Wildman–Crippen MR) is 76.6 cm³/mol. The Labute approximate surface area is 110 Å². The van der Waals surface area contributed by atoms with E-state index in [1.54, 1.807) is 0 Å². The first kappa shape index (κ1) is 12.0. The van der Waals surface area contributed by atoms with Crippen LogP contribution in [-0.2, 0) is 0 Å². The molecule has 1 fully saturated rings. The van der Waals surface area contributed by atoms with Crippen LogP contribution in [0.5, 0.6) is 0 Å². The molecule has 5 heteroatoms. The molecule has 1 aromatic carbocycles. The van der Waals surface area contributed by atoms with Gasteiger partial charge in [0, 0.05) is 24.6 Å². The second-order valence-electron chi connectivity index (χ2n) is 3.51. The number of hydrogen-bond donors (Lipinski definition) is 1. The maximum Gasteiger partial charge on any atom is 0.173 e. The van der Waals surface area contributed by atoms with Crippen molar-refractivity contribution < 1.29 is 0 Å². The molecule has 0 spiro atoms. The van der Waals surface area contributed by atoms with Crippen molar-refractivity contribution >= 4 is 46.4 Å². The minimum absolute atomic E-state index is 0.705. The molecule has 2 rings (SSSR count). The fraction of sp³-hybridized carbons (Fsp3) is 0.364. The van der Waals surface area contributed by atoms with Gasteiger partial charge in [-0.1, -0.05) is 23.7 Å². The molecule has 0 unspecified atom stereocenters. The smallest absolute Gasteiger partial charge is 0.173 e. The lowest BCUT2D eigenvalue weighted by molar-refractivity contribution is 0.470. The monoisotopic (exact) mass is 272 g/mol. The van der Waals surface area contributed by atoms with Crippen molar-refractivity contribution in [2.24, 2.45) is 0 Å². The Morgan fingerprint density at radius 3 is 2.69 bits per heavy atom. The lowest BCUT2D eigenvalue weighted by Gasteiger charge is -2.29. The molecule has 1 heterocycles. The van der Waals surface area contributed by atoms with E-state index >= 15 is 0 Å². The third-order valence-corrected chi connectivity index (χ3v) is 4.05. The van der Waals surface area contributed by atoms with Gasteiger partial charge in [0.25, 0.3) is 0 Å². The van der Waals surface area contributed by atoms with Crippen LogP contribution < -0.4 is 5.32 Å². The van der Waals surface area contributed by atoms with Crippen LogP contribution in [0.4, 0.5) is 5.69 Å². The van der Waals surface area contributed by atoms with Crippen LogP contribution in [0.3, 0.4) is 0 Å². The summed E-state index contributed by atoms with van der Waals surface area (Å²) in [5.74, 6) is 2.29. The van der Waals surface area contributed by atoms with Gasteiger partial charge in [0.15, 0.2) is 5.11 Å². The number of thiocarbonyl (C=S) groups is 1. The summed E-state index contributed by atoms with van der Waals surface area (Å²) in [6.07, 6.45) is 0. The molecule has 0 aliphatic carbocycles. The Morgan fingerprint density at radius 1 is 1.31 bits per heavy atom. The maximum atomic E-state index is 6.06. The summed E-state index contributed by atoms with van der Waals surface area (Å²) in [5.41, 5.74) is 0.882. The van der Waals surface area contributed by atoms with Crippen molar-refractivity contribution in [3.63, 3.8) is 0 Å².